The second-order valence-corrected chi connectivity index (χ2v) is 5.24. The van der Waals surface area contributed by atoms with Gasteiger partial charge in [-0.2, -0.15) is 8.78 Å². The number of ether oxygens (including phenoxy) is 1. The van der Waals surface area contributed by atoms with Crippen molar-refractivity contribution >= 4 is 0 Å². The molecular weight excluding hydrogens is 240 g/mol. The standard InChI is InChI=1S/C11H18F4O2/c1-10(2)5-3-4-7(8(10)16)17-6-11(14,15)9(12)13/h7-9,16H,3-6H2,1-2H3. The van der Waals surface area contributed by atoms with Gasteiger partial charge in [-0.05, 0) is 18.3 Å². The van der Waals surface area contributed by atoms with Crippen LogP contribution in [0.4, 0.5) is 17.6 Å². The summed E-state index contributed by atoms with van der Waals surface area (Å²) in [6.07, 6.45) is -3.51. The molecule has 0 radical (unpaired) electrons. The smallest absolute Gasteiger partial charge is 0.330 e. The van der Waals surface area contributed by atoms with E-state index in [0.717, 1.165) is 12.8 Å². The summed E-state index contributed by atoms with van der Waals surface area (Å²) in [4.78, 5) is 0. The molecule has 1 rings (SSSR count). The zero-order valence-corrected chi connectivity index (χ0v) is 9.93. The minimum atomic E-state index is -4.15. The maximum absolute atomic E-state index is 12.7. The molecule has 0 spiro atoms. The van der Waals surface area contributed by atoms with Gasteiger partial charge in [0.15, 0.2) is 0 Å². The van der Waals surface area contributed by atoms with E-state index < -0.39 is 36.6 Å². The summed E-state index contributed by atoms with van der Waals surface area (Å²) in [5.41, 5.74) is -0.428. The lowest BCUT2D eigenvalue weighted by atomic mass is 9.73. The van der Waals surface area contributed by atoms with Crippen LogP contribution in [0, 0.1) is 5.41 Å². The van der Waals surface area contributed by atoms with Crippen molar-refractivity contribution in [2.75, 3.05) is 6.61 Å². The van der Waals surface area contributed by atoms with Crippen LogP contribution in [0.15, 0.2) is 0 Å². The third-order valence-corrected chi connectivity index (χ3v) is 3.27. The van der Waals surface area contributed by atoms with Gasteiger partial charge in [0.25, 0.3) is 0 Å². The minimum Gasteiger partial charge on any atom is -0.390 e. The lowest BCUT2D eigenvalue weighted by molar-refractivity contribution is -0.199. The van der Waals surface area contributed by atoms with Crippen LogP contribution in [0.5, 0.6) is 0 Å². The molecule has 102 valence electrons. The lowest BCUT2D eigenvalue weighted by Crippen LogP contribution is -2.46. The minimum absolute atomic E-state index is 0.421. The van der Waals surface area contributed by atoms with Gasteiger partial charge < -0.3 is 9.84 Å². The van der Waals surface area contributed by atoms with Crippen LogP contribution in [0.1, 0.15) is 33.1 Å². The fraction of sp³-hybridized carbons (Fsp3) is 1.00. The quantitative estimate of drug-likeness (QED) is 0.786. The first-order valence-electron chi connectivity index (χ1n) is 5.62. The Morgan fingerprint density at radius 3 is 2.53 bits per heavy atom. The largest absolute Gasteiger partial charge is 0.390 e. The second kappa shape index (κ2) is 5.10. The number of hydrogen-bond acceptors (Lipinski definition) is 2. The van der Waals surface area contributed by atoms with E-state index in [1.807, 2.05) is 0 Å². The molecule has 1 aliphatic rings. The highest BCUT2D eigenvalue weighted by atomic mass is 19.3. The Morgan fingerprint density at radius 2 is 2.00 bits per heavy atom. The number of rotatable bonds is 4. The molecule has 0 aromatic heterocycles. The molecule has 1 N–H and O–H groups in total. The van der Waals surface area contributed by atoms with Crippen molar-refractivity contribution < 1.29 is 27.4 Å². The topological polar surface area (TPSA) is 29.5 Å². The Labute approximate surface area is 98.0 Å². The fourth-order valence-electron chi connectivity index (χ4n) is 2.02. The average Bonchev–Trinajstić information content (AvgIpc) is 2.20. The Hall–Kier alpha value is -0.360. The molecule has 0 heterocycles. The summed E-state index contributed by atoms with van der Waals surface area (Å²) in [6, 6.07) is 0. The Bertz CT molecular complexity index is 256. The summed E-state index contributed by atoms with van der Waals surface area (Å²) in [6.45, 7) is 2.26. The molecular formula is C11H18F4O2. The van der Waals surface area contributed by atoms with Gasteiger partial charge in [-0.25, -0.2) is 8.78 Å². The molecule has 2 atom stereocenters. The van der Waals surface area contributed by atoms with Crippen LogP contribution in [0.2, 0.25) is 0 Å². The van der Waals surface area contributed by atoms with E-state index in [9.17, 15) is 22.7 Å². The summed E-state index contributed by atoms with van der Waals surface area (Å²) >= 11 is 0. The van der Waals surface area contributed by atoms with Crippen molar-refractivity contribution in [3.05, 3.63) is 0 Å². The molecule has 2 unspecified atom stereocenters. The Balaban J connectivity index is 2.52. The van der Waals surface area contributed by atoms with Crippen LogP contribution in [-0.4, -0.2) is 36.3 Å². The number of halogens is 4. The van der Waals surface area contributed by atoms with Crippen LogP contribution in [0.3, 0.4) is 0 Å². The zero-order valence-electron chi connectivity index (χ0n) is 9.93. The molecule has 0 aromatic carbocycles. The molecule has 1 aliphatic carbocycles. The van der Waals surface area contributed by atoms with Crippen LogP contribution in [0.25, 0.3) is 0 Å². The highest BCUT2D eigenvalue weighted by molar-refractivity contribution is 4.89. The van der Waals surface area contributed by atoms with Gasteiger partial charge in [0, 0.05) is 0 Å². The first-order chi connectivity index (χ1) is 7.67. The van der Waals surface area contributed by atoms with Gasteiger partial charge in [0.05, 0.1) is 12.2 Å². The molecule has 1 fully saturated rings. The van der Waals surface area contributed by atoms with Crippen LogP contribution >= 0.6 is 0 Å². The molecule has 0 bridgehead atoms. The van der Waals surface area contributed by atoms with Crippen molar-refractivity contribution in [1.82, 2.24) is 0 Å². The summed E-state index contributed by atoms with van der Waals surface area (Å²) in [5, 5.41) is 9.87. The van der Waals surface area contributed by atoms with Gasteiger partial charge in [0.2, 0.25) is 0 Å². The van der Waals surface area contributed by atoms with E-state index in [1.54, 1.807) is 13.8 Å². The van der Waals surface area contributed by atoms with E-state index >= 15 is 0 Å². The maximum atomic E-state index is 12.7. The van der Waals surface area contributed by atoms with E-state index in [-0.39, 0.29) is 0 Å². The Kier molecular flexibility index (Phi) is 4.41. The highest BCUT2D eigenvalue weighted by Crippen LogP contribution is 2.37. The van der Waals surface area contributed by atoms with Crippen LogP contribution < -0.4 is 0 Å². The molecule has 2 nitrogen and oxygen atoms in total. The number of hydrogen-bond donors (Lipinski definition) is 1. The van der Waals surface area contributed by atoms with Gasteiger partial charge in [-0.15, -0.1) is 0 Å². The van der Waals surface area contributed by atoms with Gasteiger partial charge >= 0.3 is 12.3 Å². The summed E-state index contributed by atoms with van der Waals surface area (Å²) in [5.74, 6) is -4.15. The second-order valence-electron chi connectivity index (χ2n) is 5.24. The third kappa shape index (κ3) is 3.55. The maximum Gasteiger partial charge on any atom is 0.330 e. The molecule has 0 saturated heterocycles. The zero-order chi connectivity index (χ0) is 13.3. The first-order valence-corrected chi connectivity index (χ1v) is 5.62. The summed E-state index contributed by atoms with van der Waals surface area (Å²) in [7, 11) is 0. The van der Waals surface area contributed by atoms with Crippen molar-refractivity contribution in [2.24, 2.45) is 5.41 Å². The van der Waals surface area contributed by atoms with Gasteiger partial charge in [0.1, 0.15) is 6.61 Å². The molecule has 0 aromatic rings. The predicted molar refractivity (Wildman–Crippen MR) is 54.3 cm³/mol. The first kappa shape index (κ1) is 14.7. The van der Waals surface area contributed by atoms with Crippen LogP contribution in [-0.2, 0) is 4.74 Å². The molecule has 0 amide bonds. The number of aliphatic hydroxyl groups is 1. The average molecular weight is 258 g/mol. The SMILES string of the molecule is CC1(C)CCCC(OCC(F)(F)C(F)F)C1O. The normalized spacial score (nSPS) is 29.6. The van der Waals surface area contributed by atoms with Gasteiger partial charge in [-0.3, -0.25) is 0 Å². The molecule has 17 heavy (non-hydrogen) atoms. The van der Waals surface area contributed by atoms with E-state index in [1.165, 1.54) is 0 Å². The molecule has 1 saturated carbocycles. The number of aliphatic hydroxyl groups excluding tert-OH is 1. The monoisotopic (exact) mass is 258 g/mol. The van der Waals surface area contributed by atoms with Gasteiger partial charge in [-0.1, -0.05) is 20.3 Å². The number of alkyl halides is 4. The van der Waals surface area contributed by atoms with Crippen molar-refractivity contribution in [3.8, 4) is 0 Å². The lowest BCUT2D eigenvalue weighted by Gasteiger charge is -2.40. The predicted octanol–water partition coefficient (Wildman–Crippen LogP) is 2.84. The van der Waals surface area contributed by atoms with E-state index in [2.05, 4.69) is 0 Å². The van der Waals surface area contributed by atoms with Crippen molar-refractivity contribution in [2.45, 2.75) is 57.7 Å². The Morgan fingerprint density at radius 1 is 1.41 bits per heavy atom. The fourth-order valence-corrected chi connectivity index (χ4v) is 2.02. The molecule has 6 heteroatoms. The van der Waals surface area contributed by atoms with E-state index in [0.29, 0.717) is 6.42 Å². The van der Waals surface area contributed by atoms with E-state index in [4.69, 9.17) is 4.74 Å². The van der Waals surface area contributed by atoms with Crippen molar-refractivity contribution in [3.63, 3.8) is 0 Å². The summed E-state index contributed by atoms with van der Waals surface area (Å²) < 4.78 is 54.0. The van der Waals surface area contributed by atoms with Crippen molar-refractivity contribution in [1.29, 1.82) is 0 Å². The third-order valence-electron chi connectivity index (χ3n) is 3.27. The molecule has 0 aliphatic heterocycles. The highest BCUT2D eigenvalue weighted by Gasteiger charge is 2.44.